The van der Waals surface area contributed by atoms with Crippen LogP contribution in [0, 0.1) is 0 Å². The molecule has 2 aromatic carbocycles. The third kappa shape index (κ3) is 1.38. The number of pyridine rings is 1. The second-order valence-electron chi connectivity index (χ2n) is 4.56. The molecule has 0 unspecified atom stereocenters. The van der Waals surface area contributed by atoms with E-state index in [1.807, 2.05) is 48.5 Å². The Kier molecular flexibility index (Phi) is 1.97. The number of hydrogen-bond donors (Lipinski definition) is 1. The highest BCUT2D eigenvalue weighted by atomic mass is 16.1. The van der Waals surface area contributed by atoms with Crippen molar-refractivity contribution in [1.82, 2.24) is 4.98 Å². The average Bonchev–Trinajstić information content (AvgIpc) is 2.79. The predicted molar refractivity (Wildman–Crippen MR) is 75.1 cm³/mol. The minimum Gasteiger partial charge on any atom is -0.321 e. The highest BCUT2D eigenvalue weighted by molar-refractivity contribution is 6.25. The third-order valence-corrected chi connectivity index (χ3v) is 3.47. The topological polar surface area (TPSA) is 42.0 Å². The number of carbonyl (C=O) groups is 1. The van der Waals surface area contributed by atoms with Crippen molar-refractivity contribution in [3.05, 3.63) is 60.3 Å². The molecule has 90 valence electrons. The van der Waals surface area contributed by atoms with Crippen molar-refractivity contribution in [2.24, 2.45) is 0 Å². The van der Waals surface area contributed by atoms with Crippen LogP contribution in [-0.4, -0.2) is 10.9 Å². The minimum absolute atomic E-state index is 0.0289. The SMILES string of the molecule is O=C1Nc2cccc3c(-c4ccccn4)ccc1c23. The molecule has 0 spiro atoms. The first-order chi connectivity index (χ1) is 9.34. The Labute approximate surface area is 109 Å². The Hall–Kier alpha value is -2.68. The number of anilines is 1. The summed E-state index contributed by atoms with van der Waals surface area (Å²) in [6.07, 6.45) is 1.78. The summed E-state index contributed by atoms with van der Waals surface area (Å²) in [5.74, 6) is -0.0289. The third-order valence-electron chi connectivity index (χ3n) is 3.47. The normalized spacial score (nSPS) is 12.7. The molecule has 0 atom stereocenters. The highest BCUT2D eigenvalue weighted by Gasteiger charge is 2.22. The molecule has 3 aromatic rings. The van der Waals surface area contributed by atoms with Crippen molar-refractivity contribution >= 4 is 22.4 Å². The number of nitrogens with one attached hydrogen (secondary N) is 1. The van der Waals surface area contributed by atoms with E-state index < -0.39 is 0 Å². The summed E-state index contributed by atoms with van der Waals surface area (Å²) in [4.78, 5) is 16.3. The molecule has 4 rings (SSSR count). The molecule has 0 aliphatic carbocycles. The second kappa shape index (κ2) is 3.65. The van der Waals surface area contributed by atoms with E-state index in [-0.39, 0.29) is 5.91 Å². The smallest absolute Gasteiger partial charge is 0.256 e. The Morgan fingerprint density at radius 1 is 0.895 bits per heavy atom. The summed E-state index contributed by atoms with van der Waals surface area (Å²) in [5.41, 5.74) is 3.60. The van der Waals surface area contributed by atoms with Gasteiger partial charge >= 0.3 is 0 Å². The fourth-order valence-corrected chi connectivity index (χ4v) is 2.64. The number of amides is 1. The van der Waals surface area contributed by atoms with E-state index in [2.05, 4.69) is 10.3 Å². The lowest BCUT2D eigenvalue weighted by molar-refractivity contribution is 0.103. The van der Waals surface area contributed by atoms with Crippen LogP contribution in [0.25, 0.3) is 22.0 Å². The van der Waals surface area contributed by atoms with Gasteiger partial charge in [-0.15, -0.1) is 0 Å². The van der Waals surface area contributed by atoms with Gasteiger partial charge in [-0.1, -0.05) is 24.3 Å². The highest BCUT2D eigenvalue weighted by Crippen LogP contribution is 2.37. The summed E-state index contributed by atoms with van der Waals surface area (Å²) in [5, 5.41) is 4.95. The van der Waals surface area contributed by atoms with Gasteiger partial charge in [-0.3, -0.25) is 9.78 Å². The molecule has 1 amide bonds. The van der Waals surface area contributed by atoms with E-state index in [1.54, 1.807) is 6.20 Å². The zero-order valence-electron chi connectivity index (χ0n) is 10.1. The van der Waals surface area contributed by atoms with Crippen molar-refractivity contribution < 1.29 is 4.79 Å². The van der Waals surface area contributed by atoms with Crippen LogP contribution in [0.3, 0.4) is 0 Å². The number of carbonyl (C=O) groups excluding carboxylic acids is 1. The van der Waals surface area contributed by atoms with Crippen LogP contribution >= 0.6 is 0 Å². The summed E-state index contributed by atoms with van der Waals surface area (Å²) >= 11 is 0. The van der Waals surface area contributed by atoms with Crippen molar-refractivity contribution in [2.75, 3.05) is 5.32 Å². The number of hydrogen-bond acceptors (Lipinski definition) is 2. The molecule has 19 heavy (non-hydrogen) atoms. The monoisotopic (exact) mass is 246 g/mol. The Balaban J connectivity index is 2.11. The van der Waals surface area contributed by atoms with Gasteiger partial charge in [0.1, 0.15) is 0 Å². The lowest BCUT2D eigenvalue weighted by atomic mass is 9.98. The lowest BCUT2D eigenvalue weighted by Gasteiger charge is -2.06. The van der Waals surface area contributed by atoms with Gasteiger partial charge in [0.15, 0.2) is 0 Å². The molecule has 0 saturated heterocycles. The first-order valence-corrected chi connectivity index (χ1v) is 6.13. The Morgan fingerprint density at radius 2 is 1.79 bits per heavy atom. The summed E-state index contributed by atoms with van der Waals surface area (Å²) < 4.78 is 0. The largest absolute Gasteiger partial charge is 0.321 e. The van der Waals surface area contributed by atoms with Crippen LogP contribution in [0.4, 0.5) is 5.69 Å². The molecule has 3 nitrogen and oxygen atoms in total. The van der Waals surface area contributed by atoms with E-state index in [1.165, 1.54) is 0 Å². The second-order valence-corrected chi connectivity index (χ2v) is 4.56. The Morgan fingerprint density at radius 3 is 2.63 bits per heavy atom. The van der Waals surface area contributed by atoms with Crippen molar-refractivity contribution in [2.45, 2.75) is 0 Å². The molecule has 0 fully saturated rings. The van der Waals surface area contributed by atoms with Crippen LogP contribution in [0.5, 0.6) is 0 Å². The van der Waals surface area contributed by atoms with Crippen molar-refractivity contribution in [3.63, 3.8) is 0 Å². The van der Waals surface area contributed by atoms with Crippen LogP contribution in [0.2, 0.25) is 0 Å². The van der Waals surface area contributed by atoms with Crippen LogP contribution < -0.4 is 5.32 Å². The maximum atomic E-state index is 11.9. The standard InChI is InChI=1S/C16H10N2O/c19-16-12-8-7-10(13-5-1-2-9-17-13)11-4-3-6-14(18-16)15(11)12/h1-9H,(H,18,19). The van der Waals surface area contributed by atoms with Crippen LogP contribution in [-0.2, 0) is 0 Å². The van der Waals surface area contributed by atoms with E-state index in [0.717, 1.165) is 33.3 Å². The molecule has 1 N–H and O–H groups in total. The van der Waals surface area contributed by atoms with Gasteiger partial charge < -0.3 is 5.32 Å². The number of aromatic nitrogens is 1. The molecule has 0 radical (unpaired) electrons. The summed E-state index contributed by atoms with van der Waals surface area (Å²) in [6, 6.07) is 15.6. The van der Waals surface area contributed by atoms with Gasteiger partial charge in [0.25, 0.3) is 5.91 Å². The quantitative estimate of drug-likeness (QED) is 0.714. The first kappa shape index (κ1) is 10.3. The fourth-order valence-electron chi connectivity index (χ4n) is 2.64. The van der Waals surface area contributed by atoms with Crippen LogP contribution in [0.15, 0.2) is 54.7 Å². The molecule has 0 saturated carbocycles. The summed E-state index contributed by atoms with van der Waals surface area (Å²) in [6.45, 7) is 0. The van der Waals surface area contributed by atoms with Crippen molar-refractivity contribution in [1.29, 1.82) is 0 Å². The number of rotatable bonds is 1. The van der Waals surface area contributed by atoms with E-state index in [9.17, 15) is 4.79 Å². The molecule has 3 heteroatoms. The minimum atomic E-state index is -0.0289. The van der Waals surface area contributed by atoms with Gasteiger partial charge in [-0.2, -0.15) is 0 Å². The van der Waals surface area contributed by atoms with Gasteiger partial charge in [0, 0.05) is 28.4 Å². The molecule has 1 aliphatic heterocycles. The molecular weight excluding hydrogens is 236 g/mol. The predicted octanol–water partition coefficient (Wildman–Crippen LogP) is 3.47. The number of benzene rings is 2. The van der Waals surface area contributed by atoms with Crippen molar-refractivity contribution in [3.8, 4) is 11.3 Å². The van der Waals surface area contributed by atoms with Gasteiger partial charge in [0.05, 0.1) is 5.69 Å². The zero-order chi connectivity index (χ0) is 12.8. The van der Waals surface area contributed by atoms with Gasteiger partial charge in [0.2, 0.25) is 0 Å². The van der Waals surface area contributed by atoms with E-state index in [0.29, 0.717) is 0 Å². The average molecular weight is 246 g/mol. The van der Waals surface area contributed by atoms with E-state index in [4.69, 9.17) is 0 Å². The maximum absolute atomic E-state index is 11.9. The fraction of sp³-hybridized carbons (Fsp3) is 0. The van der Waals surface area contributed by atoms with Gasteiger partial charge in [-0.25, -0.2) is 0 Å². The molecule has 2 heterocycles. The maximum Gasteiger partial charge on any atom is 0.256 e. The lowest BCUT2D eigenvalue weighted by Crippen LogP contribution is -2.03. The number of nitrogens with zero attached hydrogens (tertiary/aromatic N) is 1. The van der Waals surface area contributed by atoms with Gasteiger partial charge in [-0.05, 0) is 29.7 Å². The Bertz CT molecular complexity index is 810. The van der Waals surface area contributed by atoms with Crippen LogP contribution in [0.1, 0.15) is 10.4 Å². The first-order valence-electron chi connectivity index (χ1n) is 6.13. The molecule has 1 aromatic heterocycles. The molecule has 1 aliphatic rings. The zero-order valence-corrected chi connectivity index (χ0v) is 10.1. The molecule has 0 bridgehead atoms. The molecular formula is C16H10N2O. The summed E-state index contributed by atoms with van der Waals surface area (Å²) in [7, 11) is 0. The van der Waals surface area contributed by atoms with E-state index >= 15 is 0 Å².